The first-order chi connectivity index (χ1) is 15.5. The predicted molar refractivity (Wildman–Crippen MR) is 120 cm³/mol. The Hall–Kier alpha value is -2.88. The summed E-state index contributed by atoms with van der Waals surface area (Å²) in [5.41, 5.74) is 0.988. The fourth-order valence-corrected chi connectivity index (χ4v) is 2.82. The number of carboxylic acids is 2. The van der Waals surface area contributed by atoms with Crippen LogP contribution in [0.15, 0.2) is 48.5 Å². The second-order valence-electron chi connectivity index (χ2n) is 6.61. The Morgan fingerprint density at radius 1 is 0.788 bits per heavy atom. The second kappa shape index (κ2) is 12.4. The number of benzene rings is 2. The molecule has 0 bridgehead atoms. The lowest BCUT2D eigenvalue weighted by atomic mass is 10.1. The maximum Gasteiger partial charge on any atom is 0.410 e. The minimum atomic E-state index is -1.83. The summed E-state index contributed by atoms with van der Waals surface area (Å²) in [7, 11) is 0. The average molecular weight is 521 g/mol. The summed E-state index contributed by atoms with van der Waals surface area (Å²) in [6.45, 7) is -1.76. The second-order valence-corrected chi connectivity index (χ2v) is 9.12. The summed E-state index contributed by atoms with van der Waals surface area (Å²) in [5, 5.41) is 17.8. The Labute approximate surface area is 204 Å². The van der Waals surface area contributed by atoms with Gasteiger partial charge in [0.05, 0.1) is 13.1 Å². The minimum absolute atomic E-state index is 0.0538. The Morgan fingerprint density at radius 2 is 1.21 bits per heavy atom. The number of nitrogens with zero attached hydrogens (tertiary/aromatic N) is 1. The molecule has 0 saturated heterocycles. The summed E-state index contributed by atoms with van der Waals surface area (Å²) in [6, 6.07) is 13.1. The number of carbonyl (C=O) groups excluding carboxylic acids is 1. The maximum absolute atomic E-state index is 12.8. The standard InChI is InChI=1S/C21H20Cl3NO8/c22-21(23,24)13-33-20(30)25(9-14-5-1-3-7-16(14)31-11-18(26)27)10-15-6-2-4-8-17(15)32-12-19(28)29/h1-8H,9-13H2,(H,26,27)(H,28,29). The maximum atomic E-state index is 12.8. The lowest BCUT2D eigenvalue weighted by Crippen LogP contribution is -2.33. The first kappa shape index (κ1) is 26.4. The number of hydrogen-bond donors (Lipinski definition) is 2. The van der Waals surface area contributed by atoms with Crippen molar-refractivity contribution in [2.24, 2.45) is 0 Å². The van der Waals surface area contributed by atoms with E-state index in [0.29, 0.717) is 11.1 Å². The number of rotatable bonds is 11. The van der Waals surface area contributed by atoms with Crippen LogP contribution >= 0.6 is 34.8 Å². The molecule has 0 aliphatic heterocycles. The first-order valence-corrected chi connectivity index (χ1v) is 10.5. The summed E-state index contributed by atoms with van der Waals surface area (Å²) in [5.74, 6) is -1.80. The van der Waals surface area contributed by atoms with Crippen molar-refractivity contribution in [3.05, 3.63) is 59.7 Å². The summed E-state index contributed by atoms with van der Waals surface area (Å²) < 4.78 is 13.9. The van der Waals surface area contributed by atoms with Gasteiger partial charge < -0.3 is 24.4 Å². The van der Waals surface area contributed by atoms with Crippen molar-refractivity contribution < 1.29 is 38.8 Å². The van der Waals surface area contributed by atoms with E-state index in [4.69, 9.17) is 59.2 Å². The largest absolute Gasteiger partial charge is 0.482 e. The van der Waals surface area contributed by atoms with Crippen LogP contribution in [0.1, 0.15) is 11.1 Å². The van der Waals surface area contributed by atoms with Crippen molar-refractivity contribution in [1.29, 1.82) is 0 Å². The molecule has 0 fully saturated rings. The number of carboxylic acid groups (broad SMARTS) is 2. The molecule has 2 aromatic carbocycles. The zero-order chi connectivity index (χ0) is 24.4. The lowest BCUT2D eigenvalue weighted by Gasteiger charge is -2.25. The van der Waals surface area contributed by atoms with E-state index in [0.717, 1.165) is 0 Å². The normalized spacial score (nSPS) is 10.9. The average Bonchev–Trinajstić information content (AvgIpc) is 2.75. The number of para-hydroxylation sites is 2. The predicted octanol–water partition coefficient (Wildman–Crippen LogP) is 4.12. The van der Waals surface area contributed by atoms with Gasteiger partial charge in [0.1, 0.15) is 18.1 Å². The molecule has 0 aliphatic rings. The Kier molecular flexibility index (Phi) is 9.90. The molecule has 9 nitrogen and oxygen atoms in total. The summed E-state index contributed by atoms with van der Waals surface area (Å²) in [6.07, 6.45) is -0.831. The molecule has 2 rings (SSSR count). The van der Waals surface area contributed by atoms with Crippen LogP contribution in [0.3, 0.4) is 0 Å². The third kappa shape index (κ3) is 9.65. The van der Waals surface area contributed by atoms with E-state index < -0.39 is 41.6 Å². The molecule has 178 valence electrons. The molecule has 0 aromatic heterocycles. The van der Waals surface area contributed by atoms with E-state index in [1.165, 1.54) is 4.90 Å². The number of carbonyl (C=O) groups is 3. The van der Waals surface area contributed by atoms with Crippen molar-refractivity contribution in [2.45, 2.75) is 16.9 Å². The van der Waals surface area contributed by atoms with Crippen LogP contribution in [0, 0.1) is 0 Å². The van der Waals surface area contributed by atoms with Gasteiger partial charge in [-0.1, -0.05) is 71.2 Å². The molecule has 12 heteroatoms. The van der Waals surface area contributed by atoms with E-state index in [-0.39, 0.29) is 24.6 Å². The van der Waals surface area contributed by atoms with E-state index in [1.54, 1.807) is 48.5 Å². The topological polar surface area (TPSA) is 123 Å². The number of aliphatic carboxylic acids is 2. The molecule has 0 atom stereocenters. The van der Waals surface area contributed by atoms with Gasteiger partial charge in [0.2, 0.25) is 3.79 Å². The number of hydrogen-bond acceptors (Lipinski definition) is 6. The van der Waals surface area contributed by atoms with E-state index >= 15 is 0 Å². The van der Waals surface area contributed by atoms with Crippen LogP contribution in [0.2, 0.25) is 0 Å². The molecule has 1 amide bonds. The van der Waals surface area contributed by atoms with Gasteiger partial charge in [0.15, 0.2) is 13.2 Å². The summed E-state index contributed by atoms with van der Waals surface area (Å²) in [4.78, 5) is 35.8. The third-order valence-corrected chi connectivity index (χ3v) is 4.31. The molecule has 2 aromatic rings. The Bertz CT molecular complexity index is 916. The molecule has 0 spiro atoms. The highest BCUT2D eigenvalue weighted by Crippen LogP contribution is 2.28. The van der Waals surface area contributed by atoms with Gasteiger partial charge >= 0.3 is 18.0 Å². The number of halogens is 3. The minimum Gasteiger partial charge on any atom is -0.482 e. The number of ether oxygens (including phenoxy) is 3. The Morgan fingerprint density at radius 3 is 1.61 bits per heavy atom. The zero-order valence-corrected chi connectivity index (χ0v) is 19.3. The van der Waals surface area contributed by atoms with Crippen LogP contribution in [0.4, 0.5) is 4.79 Å². The van der Waals surface area contributed by atoms with Gasteiger partial charge in [0.25, 0.3) is 0 Å². The SMILES string of the molecule is O=C(O)COc1ccccc1CN(Cc1ccccc1OCC(=O)O)C(=O)OCC(Cl)(Cl)Cl. The van der Waals surface area contributed by atoms with Crippen LogP contribution in [0.5, 0.6) is 11.5 Å². The zero-order valence-electron chi connectivity index (χ0n) is 17.1. The third-order valence-electron chi connectivity index (χ3n) is 3.99. The van der Waals surface area contributed by atoms with Gasteiger partial charge in [-0.05, 0) is 12.1 Å². The smallest absolute Gasteiger partial charge is 0.410 e. The van der Waals surface area contributed by atoms with E-state index in [2.05, 4.69) is 0 Å². The number of amides is 1. The highest BCUT2D eigenvalue weighted by atomic mass is 35.6. The monoisotopic (exact) mass is 519 g/mol. The van der Waals surface area contributed by atoms with Gasteiger partial charge in [-0.15, -0.1) is 0 Å². The van der Waals surface area contributed by atoms with Crippen LogP contribution in [-0.4, -0.2) is 56.8 Å². The highest BCUT2D eigenvalue weighted by molar-refractivity contribution is 6.67. The lowest BCUT2D eigenvalue weighted by molar-refractivity contribution is -0.140. The molecule has 0 aliphatic carbocycles. The molecule has 2 N–H and O–H groups in total. The molecule has 0 unspecified atom stereocenters. The summed E-state index contributed by atoms with van der Waals surface area (Å²) >= 11 is 17.0. The fourth-order valence-electron chi connectivity index (χ4n) is 2.66. The van der Waals surface area contributed by atoms with Gasteiger partial charge in [-0.3, -0.25) is 4.90 Å². The van der Waals surface area contributed by atoms with Crippen LogP contribution < -0.4 is 9.47 Å². The molecule has 33 heavy (non-hydrogen) atoms. The molecule has 0 saturated carbocycles. The van der Waals surface area contributed by atoms with E-state index in [9.17, 15) is 14.4 Å². The highest BCUT2D eigenvalue weighted by Gasteiger charge is 2.26. The van der Waals surface area contributed by atoms with Crippen molar-refractivity contribution in [3.8, 4) is 11.5 Å². The first-order valence-electron chi connectivity index (χ1n) is 9.38. The molecule has 0 radical (unpaired) electrons. The quantitative estimate of drug-likeness (QED) is 0.424. The van der Waals surface area contributed by atoms with Crippen molar-refractivity contribution >= 4 is 52.8 Å². The fraction of sp³-hybridized carbons (Fsp3) is 0.286. The molecular weight excluding hydrogens is 501 g/mol. The Balaban J connectivity index is 2.30. The number of alkyl halides is 3. The van der Waals surface area contributed by atoms with Crippen LogP contribution in [-0.2, 0) is 27.4 Å². The molecule has 0 heterocycles. The van der Waals surface area contributed by atoms with Crippen molar-refractivity contribution in [1.82, 2.24) is 4.90 Å². The van der Waals surface area contributed by atoms with Gasteiger partial charge in [-0.25, -0.2) is 14.4 Å². The van der Waals surface area contributed by atoms with Crippen molar-refractivity contribution in [2.75, 3.05) is 19.8 Å². The van der Waals surface area contributed by atoms with E-state index in [1.807, 2.05) is 0 Å². The van der Waals surface area contributed by atoms with Crippen LogP contribution in [0.25, 0.3) is 0 Å². The molecular formula is C21H20Cl3NO8. The van der Waals surface area contributed by atoms with Crippen molar-refractivity contribution in [3.63, 3.8) is 0 Å². The van der Waals surface area contributed by atoms with Gasteiger partial charge in [-0.2, -0.15) is 0 Å². The van der Waals surface area contributed by atoms with Gasteiger partial charge in [0, 0.05) is 11.1 Å².